The fraction of sp³-hybridized carbons (Fsp3) is 0.565. The molecule has 28 heavy (non-hydrogen) atoms. The SMILES string of the molecule is C[C@]1(COc2ccc(C3CCCCC3)cc2)Cn2c(C3CC3)cc(=O)nc2O1. The highest BCUT2D eigenvalue weighted by molar-refractivity contribution is 5.30. The second kappa shape index (κ2) is 6.94. The van der Waals surface area contributed by atoms with Crippen LogP contribution in [0.5, 0.6) is 11.8 Å². The molecule has 5 heteroatoms. The molecule has 5 nitrogen and oxygen atoms in total. The van der Waals surface area contributed by atoms with Crippen LogP contribution in [0.1, 0.15) is 75.0 Å². The van der Waals surface area contributed by atoms with Gasteiger partial charge < -0.3 is 9.47 Å². The lowest BCUT2D eigenvalue weighted by Crippen LogP contribution is -2.38. The van der Waals surface area contributed by atoms with E-state index in [1.807, 2.05) is 6.92 Å². The van der Waals surface area contributed by atoms with E-state index in [0.717, 1.165) is 24.3 Å². The van der Waals surface area contributed by atoms with Gasteiger partial charge in [0.2, 0.25) is 0 Å². The maximum absolute atomic E-state index is 11.9. The molecule has 148 valence electrons. The van der Waals surface area contributed by atoms with Crippen molar-refractivity contribution in [2.75, 3.05) is 6.61 Å². The Morgan fingerprint density at radius 3 is 2.57 bits per heavy atom. The monoisotopic (exact) mass is 380 g/mol. The minimum absolute atomic E-state index is 0.211. The molecule has 5 rings (SSSR count). The minimum atomic E-state index is -0.514. The topological polar surface area (TPSA) is 53.4 Å². The van der Waals surface area contributed by atoms with Gasteiger partial charge >= 0.3 is 6.01 Å². The zero-order valence-corrected chi connectivity index (χ0v) is 16.5. The summed E-state index contributed by atoms with van der Waals surface area (Å²) in [6.45, 7) is 3.12. The van der Waals surface area contributed by atoms with Gasteiger partial charge in [-0.25, -0.2) is 0 Å². The summed E-state index contributed by atoms with van der Waals surface area (Å²) in [4.78, 5) is 16.0. The summed E-state index contributed by atoms with van der Waals surface area (Å²) in [5.41, 5.74) is 1.77. The van der Waals surface area contributed by atoms with Crippen LogP contribution in [-0.2, 0) is 6.54 Å². The first-order valence-corrected chi connectivity index (χ1v) is 10.6. The third kappa shape index (κ3) is 3.54. The molecule has 2 fully saturated rings. The minimum Gasteiger partial charge on any atom is -0.489 e. The van der Waals surface area contributed by atoms with Crippen molar-refractivity contribution in [1.29, 1.82) is 0 Å². The molecule has 0 radical (unpaired) electrons. The number of hydrogen-bond donors (Lipinski definition) is 0. The molecule has 2 aliphatic carbocycles. The number of aromatic nitrogens is 2. The highest BCUT2D eigenvalue weighted by Gasteiger charge is 2.40. The van der Waals surface area contributed by atoms with Crippen LogP contribution < -0.4 is 15.0 Å². The van der Waals surface area contributed by atoms with Crippen molar-refractivity contribution >= 4 is 0 Å². The average Bonchev–Trinajstić information content (AvgIpc) is 3.49. The summed E-state index contributed by atoms with van der Waals surface area (Å²) < 4.78 is 14.2. The Morgan fingerprint density at radius 1 is 1.11 bits per heavy atom. The van der Waals surface area contributed by atoms with Gasteiger partial charge in [0.15, 0.2) is 5.60 Å². The number of benzene rings is 1. The van der Waals surface area contributed by atoms with E-state index in [2.05, 4.69) is 33.8 Å². The number of rotatable bonds is 5. The number of fused-ring (bicyclic) bond motifs is 1. The Kier molecular flexibility index (Phi) is 4.41. The van der Waals surface area contributed by atoms with Crippen molar-refractivity contribution in [1.82, 2.24) is 9.55 Å². The first-order chi connectivity index (χ1) is 13.6. The van der Waals surface area contributed by atoms with Crippen molar-refractivity contribution in [3.05, 3.63) is 51.9 Å². The maximum Gasteiger partial charge on any atom is 0.300 e. The first-order valence-electron chi connectivity index (χ1n) is 10.6. The summed E-state index contributed by atoms with van der Waals surface area (Å²) in [5.74, 6) is 2.05. The predicted octanol–water partition coefficient (Wildman–Crippen LogP) is 4.40. The second-order valence-electron chi connectivity index (χ2n) is 8.91. The molecule has 0 amide bonds. The van der Waals surface area contributed by atoms with E-state index >= 15 is 0 Å². The van der Waals surface area contributed by atoms with Crippen LogP contribution in [-0.4, -0.2) is 21.8 Å². The molecule has 1 aromatic heterocycles. The molecular formula is C23H28N2O3. The van der Waals surface area contributed by atoms with Crippen LogP contribution in [0.4, 0.5) is 0 Å². The molecule has 0 bridgehead atoms. The Hall–Kier alpha value is -2.30. The van der Waals surface area contributed by atoms with Crippen molar-refractivity contribution < 1.29 is 9.47 Å². The largest absolute Gasteiger partial charge is 0.489 e. The first kappa shape index (κ1) is 17.8. The molecular weight excluding hydrogens is 352 g/mol. The molecule has 0 saturated heterocycles. The summed E-state index contributed by atoms with van der Waals surface area (Å²) in [6, 6.07) is 10.7. The third-order valence-corrected chi connectivity index (χ3v) is 6.35. The molecule has 0 spiro atoms. The molecule has 2 aromatic rings. The molecule has 0 unspecified atom stereocenters. The van der Waals surface area contributed by atoms with E-state index in [1.165, 1.54) is 37.7 Å². The second-order valence-corrected chi connectivity index (χ2v) is 8.91. The smallest absolute Gasteiger partial charge is 0.300 e. The zero-order valence-electron chi connectivity index (χ0n) is 16.5. The molecule has 1 aliphatic heterocycles. The van der Waals surface area contributed by atoms with Gasteiger partial charge in [-0.3, -0.25) is 9.36 Å². The normalized spacial score (nSPS) is 24.6. The Morgan fingerprint density at radius 2 is 1.86 bits per heavy atom. The van der Waals surface area contributed by atoms with E-state index in [4.69, 9.17) is 9.47 Å². The lowest BCUT2D eigenvalue weighted by molar-refractivity contribution is 0.0508. The summed E-state index contributed by atoms with van der Waals surface area (Å²) in [7, 11) is 0. The number of ether oxygens (including phenoxy) is 2. The molecule has 3 aliphatic rings. The Bertz CT molecular complexity index is 910. The van der Waals surface area contributed by atoms with Crippen molar-refractivity contribution in [3.63, 3.8) is 0 Å². The third-order valence-electron chi connectivity index (χ3n) is 6.35. The maximum atomic E-state index is 11.9. The highest BCUT2D eigenvalue weighted by atomic mass is 16.6. The van der Waals surface area contributed by atoms with Gasteiger partial charge in [0.05, 0.1) is 6.54 Å². The van der Waals surface area contributed by atoms with E-state index < -0.39 is 5.60 Å². The fourth-order valence-corrected chi connectivity index (χ4v) is 4.63. The van der Waals surface area contributed by atoms with Gasteiger partial charge in [0, 0.05) is 11.8 Å². The lowest BCUT2D eigenvalue weighted by atomic mass is 9.84. The number of nitrogens with zero attached hydrogens (tertiary/aromatic N) is 2. The van der Waals surface area contributed by atoms with E-state index in [9.17, 15) is 4.79 Å². The standard InChI is InChI=1S/C23H28N2O3/c1-23(14-25-20(18-7-8-18)13-21(26)24-22(25)28-23)15-27-19-11-9-17(10-12-19)16-5-3-2-4-6-16/h9-13,16,18H,2-8,14-15H2,1H3/t23-/m1/s1. The predicted molar refractivity (Wildman–Crippen MR) is 107 cm³/mol. The summed E-state index contributed by atoms with van der Waals surface area (Å²) >= 11 is 0. The van der Waals surface area contributed by atoms with E-state index in [1.54, 1.807) is 6.07 Å². The van der Waals surface area contributed by atoms with E-state index in [-0.39, 0.29) is 5.56 Å². The van der Waals surface area contributed by atoms with Crippen molar-refractivity contribution in [2.24, 2.45) is 0 Å². The van der Waals surface area contributed by atoms with Crippen LogP contribution in [0, 0.1) is 0 Å². The van der Waals surface area contributed by atoms with Crippen LogP contribution in [0.15, 0.2) is 35.1 Å². The van der Waals surface area contributed by atoms with Crippen LogP contribution in [0.3, 0.4) is 0 Å². The van der Waals surface area contributed by atoms with Crippen molar-refractivity contribution in [3.8, 4) is 11.8 Å². The Balaban J connectivity index is 1.25. The highest BCUT2D eigenvalue weighted by Crippen LogP contribution is 2.42. The fourth-order valence-electron chi connectivity index (χ4n) is 4.63. The quantitative estimate of drug-likeness (QED) is 0.772. The average molecular weight is 380 g/mol. The Labute approximate surface area is 165 Å². The van der Waals surface area contributed by atoms with Crippen LogP contribution >= 0.6 is 0 Å². The van der Waals surface area contributed by atoms with Gasteiger partial charge in [-0.2, -0.15) is 4.98 Å². The van der Waals surface area contributed by atoms with Gasteiger partial charge in [-0.05, 0) is 62.1 Å². The van der Waals surface area contributed by atoms with Crippen molar-refractivity contribution in [2.45, 2.75) is 75.9 Å². The van der Waals surface area contributed by atoms with E-state index in [0.29, 0.717) is 31.0 Å². The molecule has 1 aromatic carbocycles. The van der Waals surface area contributed by atoms with Gasteiger partial charge in [0.25, 0.3) is 5.56 Å². The molecule has 0 N–H and O–H groups in total. The van der Waals surface area contributed by atoms with Gasteiger partial charge in [-0.15, -0.1) is 0 Å². The van der Waals surface area contributed by atoms with Crippen LogP contribution in [0.25, 0.3) is 0 Å². The zero-order chi connectivity index (χ0) is 19.1. The molecule has 2 saturated carbocycles. The summed E-state index contributed by atoms with van der Waals surface area (Å²) in [5, 5.41) is 0. The molecule has 2 heterocycles. The van der Waals surface area contributed by atoms with Crippen LogP contribution in [0.2, 0.25) is 0 Å². The summed E-state index contributed by atoms with van der Waals surface area (Å²) in [6.07, 6.45) is 8.96. The van der Waals surface area contributed by atoms with Gasteiger partial charge in [-0.1, -0.05) is 31.4 Å². The number of hydrogen-bond acceptors (Lipinski definition) is 4. The molecule has 1 atom stereocenters. The lowest BCUT2D eigenvalue weighted by Gasteiger charge is -2.24. The van der Waals surface area contributed by atoms with Gasteiger partial charge in [0.1, 0.15) is 12.4 Å².